The molecule has 3 heteroatoms. The van der Waals surface area contributed by atoms with Gasteiger partial charge in [-0.1, -0.05) is 0 Å². The van der Waals surface area contributed by atoms with Crippen molar-refractivity contribution in [3.8, 4) is 0 Å². The van der Waals surface area contributed by atoms with Crippen molar-refractivity contribution in [2.45, 2.75) is 25.5 Å². The zero-order valence-corrected chi connectivity index (χ0v) is 7.39. The van der Waals surface area contributed by atoms with Gasteiger partial charge >= 0.3 is 0 Å². The third-order valence-electron chi connectivity index (χ3n) is 2.28. The van der Waals surface area contributed by atoms with E-state index in [1.165, 1.54) is 0 Å². The molecular formula is C8H18N2O. The Balaban J connectivity index is 2.30. The summed E-state index contributed by atoms with van der Waals surface area (Å²) < 4.78 is 5.25. The first kappa shape index (κ1) is 8.97. The summed E-state index contributed by atoms with van der Waals surface area (Å²) in [7, 11) is 1.77. The molecule has 3 nitrogen and oxygen atoms in total. The number of rotatable bonds is 2. The van der Waals surface area contributed by atoms with Gasteiger partial charge in [0.2, 0.25) is 0 Å². The molecule has 1 aliphatic rings. The number of ether oxygens (including phenoxy) is 1. The van der Waals surface area contributed by atoms with Crippen LogP contribution in [0.1, 0.15) is 13.3 Å². The smallest absolute Gasteiger partial charge is 0.0696 e. The van der Waals surface area contributed by atoms with E-state index < -0.39 is 0 Å². The van der Waals surface area contributed by atoms with Gasteiger partial charge in [0.25, 0.3) is 0 Å². The molecule has 2 atom stereocenters. The second kappa shape index (κ2) is 4.70. The molecule has 1 fully saturated rings. The van der Waals surface area contributed by atoms with Crippen LogP contribution in [-0.4, -0.2) is 38.9 Å². The first-order valence-electron chi connectivity index (χ1n) is 4.31. The Bertz CT molecular complexity index is 100. The predicted molar refractivity (Wildman–Crippen MR) is 45.7 cm³/mol. The summed E-state index contributed by atoms with van der Waals surface area (Å²) in [5.74, 6) is 0. The summed E-state index contributed by atoms with van der Waals surface area (Å²) in [6.45, 7) is 5.35. The van der Waals surface area contributed by atoms with Crippen LogP contribution in [0.5, 0.6) is 0 Å². The molecule has 66 valence electrons. The zero-order chi connectivity index (χ0) is 8.10. The summed E-state index contributed by atoms with van der Waals surface area (Å²) in [5, 5.41) is 6.78. The zero-order valence-electron chi connectivity index (χ0n) is 7.39. The Morgan fingerprint density at radius 3 is 2.91 bits per heavy atom. The second-order valence-corrected chi connectivity index (χ2v) is 3.04. The van der Waals surface area contributed by atoms with Crippen LogP contribution in [0.15, 0.2) is 0 Å². The first-order valence-corrected chi connectivity index (χ1v) is 4.31. The standard InChI is InChI=1S/C8H18N2O/c1-7(11-2)8-3-4-9-5-6-10-8/h7-10H,3-6H2,1-2H3. The molecule has 0 amide bonds. The Morgan fingerprint density at radius 1 is 1.36 bits per heavy atom. The highest BCUT2D eigenvalue weighted by Gasteiger charge is 2.16. The molecule has 1 rings (SSSR count). The van der Waals surface area contributed by atoms with Gasteiger partial charge in [-0.2, -0.15) is 0 Å². The average Bonchev–Trinajstić information content (AvgIpc) is 2.30. The SMILES string of the molecule is COC(C)C1CCNCCN1. The van der Waals surface area contributed by atoms with Crippen LogP contribution in [0.4, 0.5) is 0 Å². The molecule has 0 spiro atoms. The summed E-state index contributed by atoms with van der Waals surface area (Å²) in [5.41, 5.74) is 0. The fraction of sp³-hybridized carbons (Fsp3) is 1.00. The number of hydrogen-bond donors (Lipinski definition) is 2. The maximum absolute atomic E-state index is 5.25. The minimum Gasteiger partial charge on any atom is -0.380 e. The Labute approximate surface area is 68.5 Å². The Hall–Kier alpha value is -0.120. The van der Waals surface area contributed by atoms with Gasteiger partial charge < -0.3 is 15.4 Å². The Kier molecular flexibility index (Phi) is 3.83. The van der Waals surface area contributed by atoms with Gasteiger partial charge in [0, 0.05) is 26.2 Å². The number of hydrogen-bond acceptors (Lipinski definition) is 3. The van der Waals surface area contributed by atoms with Crippen LogP contribution in [0.3, 0.4) is 0 Å². The minimum absolute atomic E-state index is 0.329. The molecule has 11 heavy (non-hydrogen) atoms. The molecule has 1 heterocycles. The monoisotopic (exact) mass is 158 g/mol. The van der Waals surface area contributed by atoms with Crippen LogP contribution < -0.4 is 10.6 Å². The second-order valence-electron chi connectivity index (χ2n) is 3.04. The first-order chi connectivity index (χ1) is 5.34. The van der Waals surface area contributed by atoms with Gasteiger partial charge in [-0.05, 0) is 19.9 Å². The lowest BCUT2D eigenvalue weighted by atomic mass is 10.1. The maximum Gasteiger partial charge on any atom is 0.0696 e. The highest BCUT2D eigenvalue weighted by atomic mass is 16.5. The molecule has 0 saturated carbocycles. The van der Waals surface area contributed by atoms with E-state index in [1.54, 1.807) is 7.11 Å². The highest BCUT2D eigenvalue weighted by molar-refractivity contribution is 4.77. The average molecular weight is 158 g/mol. The van der Waals surface area contributed by atoms with Crippen molar-refractivity contribution in [2.75, 3.05) is 26.7 Å². The number of nitrogens with one attached hydrogen (secondary N) is 2. The molecule has 1 saturated heterocycles. The third-order valence-corrected chi connectivity index (χ3v) is 2.28. The lowest BCUT2D eigenvalue weighted by Crippen LogP contribution is -2.39. The summed E-state index contributed by atoms with van der Waals surface area (Å²) in [6, 6.07) is 0.523. The van der Waals surface area contributed by atoms with Crippen molar-refractivity contribution in [1.82, 2.24) is 10.6 Å². The largest absolute Gasteiger partial charge is 0.380 e. The normalized spacial score (nSPS) is 29.5. The van der Waals surface area contributed by atoms with Crippen molar-refractivity contribution < 1.29 is 4.74 Å². The summed E-state index contributed by atoms with van der Waals surface area (Å²) >= 11 is 0. The van der Waals surface area contributed by atoms with Crippen molar-refractivity contribution in [2.24, 2.45) is 0 Å². The van der Waals surface area contributed by atoms with E-state index in [-0.39, 0.29) is 0 Å². The lowest BCUT2D eigenvalue weighted by molar-refractivity contribution is 0.0828. The Morgan fingerprint density at radius 2 is 2.18 bits per heavy atom. The van der Waals surface area contributed by atoms with Gasteiger partial charge in [-0.3, -0.25) is 0 Å². The molecule has 0 aromatic carbocycles. The topological polar surface area (TPSA) is 33.3 Å². The van der Waals surface area contributed by atoms with Crippen LogP contribution in [0.25, 0.3) is 0 Å². The van der Waals surface area contributed by atoms with Gasteiger partial charge in [0.05, 0.1) is 6.10 Å². The molecule has 2 N–H and O–H groups in total. The fourth-order valence-corrected chi connectivity index (χ4v) is 1.40. The molecule has 0 bridgehead atoms. The molecule has 1 aliphatic heterocycles. The van der Waals surface area contributed by atoms with Crippen molar-refractivity contribution in [1.29, 1.82) is 0 Å². The van der Waals surface area contributed by atoms with Crippen molar-refractivity contribution in [3.63, 3.8) is 0 Å². The van der Waals surface area contributed by atoms with Crippen LogP contribution in [0.2, 0.25) is 0 Å². The molecule has 0 radical (unpaired) electrons. The summed E-state index contributed by atoms with van der Waals surface area (Å²) in [4.78, 5) is 0. The van der Waals surface area contributed by atoms with Gasteiger partial charge in [0.1, 0.15) is 0 Å². The van der Waals surface area contributed by atoms with Crippen LogP contribution in [-0.2, 0) is 4.74 Å². The lowest BCUT2D eigenvalue weighted by Gasteiger charge is -2.21. The predicted octanol–water partition coefficient (Wildman–Crippen LogP) is -0.0272. The van der Waals surface area contributed by atoms with Gasteiger partial charge in [-0.15, -0.1) is 0 Å². The van der Waals surface area contributed by atoms with E-state index >= 15 is 0 Å². The van der Waals surface area contributed by atoms with Gasteiger partial charge in [-0.25, -0.2) is 0 Å². The molecule has 0 aliphatic carbocycles. The highest BCUT2D eigenvalue weighted by Crippen LogP contribution is 2.02. The quantitative estimate of drug-likeness (QED) is 0.592. The molecule has 0 aromatic heterocycles. The van der Waals surface area contributed by atoms with Crippen molar-refractivity contribution >= 4 is 0 Å². The van der Waals surface area contributed by atoms with E-state index in [2.05, 4.69) is 17.6 Å². The molecule has 0 aromatic rings. The molecular weight excluding hydrogens is 140 g/mol. The number of methoxy groups -OCH3 is 1. The fourth-order valence-electron chi connectivity index (χ4n) is 1.40. The van der Waals surface area contributed by atoms with E-state index in [4.69, 9.17) is 4.74 Å². The maximum atomic E-state index is 5.25. The van der Waals surface area contributed by atoms with E-state index in [0.29, 0.717) is 12.1 Å². The van der Waals surface area contributed by atoms with Crippen LogP contribution >= 0.6 is 0 Å². The van der Waals surface area contributed by atoms with Crippen molar-refractivity contribution in [3.05, 3.63) is 0 Å². The van der Waals surface area contributed by atoms with E-state index in [9.17, 15) is 0 Å². The third kappa shape index (κ3) is 2.77. The van der Waals surface area contributed by atoms with E-state index in [1.807, 2.05) is 0 Å². The summed E-state index contributed by atoms with van der Waals surface area (Å²) in [6.07, 6.45) is 1.49. The minimum atomic E-state index is 0.329. The van der Waals surface area contributed by atoms with E-state index in [0.717, 1.165) is 26.1 Å². The van der Waals surface area contributed by atoms with Crippen LogP contribution in [0, 0.1) is 0 Å². The molecule has 2 unspecified atom stereocenters. The van der Waals surface area contributed by atoms with Gasteiger partial charge in [0.15, 0.2) is 0 Å².